The molecule has 1 aromatic heterocycles. The van der Waals surface area contributed by atoms with Crippen molar-refractivity contribution in [3.63, 3.8) is 0 Å². The van der Waals surface area contributed by atoms with Gasteiger partial charge in [-0.2, -0.15) is 0 Å². The highest BCUT2D eigenvalue weighted by Crippen LogP contribution is 2.53. The average Bonchev–Trinajstić information content (AvgIpc) is 3.58. The molecule has 224 valence electrons. The van der Waals surface area contributed by atoms with Crippen molar-refractivity contribution in [3.05, 3.63) is 175 Å². The Bertz CT molecular complexity index is 2390. The molecule has 0 atom stereocenters. The minimum atomic E-state index is -0.133. The Kier molecular flexibility index (Phi) is 6.20. The summed E-state index contributed by atoms with van der Waals surface area (Å²) < 4.78 is 2.49. The normalized spacial score (nSPS) is 13.1. The van der Waals surface area contributed by atoms with Crippen molar-refractivity contribution in [1.29, 1.82) is 0 Å². The zero-order valence-electron chi connectivity index (χ0n) is 26.5. The van der Waals surface area contributed by atoms with Gasteiger partial charge in [-0.05, 0) is 87.5 Å². The third-order valence-corrected chi connectivity index (χ3v) is 9.96. The standard InChI is InChI=1S/C45H34N2/c1-45(2)39-20-9-6-19-38(39)44-40(45)28-33(29-43(44)47-41-21-10-7-17-36(41)37-18-8-11-22-42(37)47)32-15-12-16-35(27-32)46-34-25-23-31(24-26-34)30-13-4-3-5-14-30/h3-29,46H,1-2H3. The van der Waals surface area contributed by atoms with Crippen LogP contribution in [0.3, 0.4) is 0 Å². The number of rotatable bonds is 5. The Morgan fingerprint density at radius 3 is 1.81 bits per heavy atom. The maximum absolute atomic E-state index is 3.66. The first-order valence-corrected chi connectivity index (χ1v) is 16.4. The van der Waals surface area contributed by atoms with E-state index < -0.39 is 0 Å². The predicted octanol–water partition coefficient (Wildman–Crippen LogP) is 12.2. The van der Waals surface area contributed by atoms with Crippen LogP contribution in [0.25, 0.3) is 60.9 Å². The fourth-order valence-corrected chi connectivity index (χ4v) is 7.64. The molecule has 7 aromatic carbocycles. The fraction of sp³-hybridized carbons (Fsp3) is 0.0667. The molecule has 0 radical (unpaired) electrons. The molecule has 0 bridgehead atoms. The van der Waals surface area contributed by atoms with E-state index in [1.54, 1.807) is 0 Å². The van der Waals surface area contributed by atoms with Gasteiger partial charge < -0.3 is 9.88 Å². The first-order chi connectivity index (χ1) is 23.1. The second kappa shape index (κ2) is 10.6. The van der Waals surface area contributed by atoms with Crippen LogP contribution in [-0.2, 0) is 5.41 Å². The largest absolute Gasteiger partial charge is 0.356 e. The fourth-order valence-electron chi connectivity index (χ4n) is 7.64. The lowest BCUT2D eigenvalue weighted by Crippen LogP contribution is -2.15. The number of fused-ring (bicyclic) bond motifs is 6. The number of hydrogen-bond acceptors (Lipinski definition) is 1. The number of anilines is 2. The van der Waals surface area contributed by atoms with Crippen molar-refractivity contribution in [3.8, 4) is 39.1 Å². The zero-order valence-corrected chi connectivity index (χ0v) is 26.5. The molecular formula is C45H34N2. The number of para-hydroxylation sites is 2. The van der Waals surface area contributed by atoms with Crippen LogP contribution in [0.15, 0.2) is 164 Å². The van der Waals surface area contributed by atoms with Crippen LogP contribution in [0.1, 0.15) is 25.0 Å². The Morgan fingerprint density at radius 1 is 0.447 bits per heavy atom. The summed E-state index contributed by atoms with van der Waals surface area (Å²) in [5.74, 6) is 0. The average molecular weight is 603 g/mol. The molecule has 1 heterocycles. The lowest BCUT2D eigenvalue weighted by Gasteiger charge is -2.23. The summed E-state index contributed by atoms with van der Waals surface area (Å²) in [5, 5.41) is 6.21. The van der Waals surface area contributed by atoms with E-state index >= 15 is 0 Å². The summed E-state index contributed by atoms with van der Waals surface area (Å²) in [4.78, 5) is 0. The lowest BCUT2D eigenvalue weighted by molar-refractivity contribution is 0.660. The van der Waals surface area contributed by atoms with Crippen LogP contribution in [0.5, 0.6) is 0 Å². The van der Waals surface area contributed by atoms with E-state index in [0.717, 1.165) is 11.4 Å². The highest BCUT2D eigenvalue weighted by atomic mass is 15.0. The van der Waals surface area contributed by atoms with Crippen LogP contribution in [0.2, 0.25) is 0 Å². The summed E-state index contributed by atoms with van der Waals surface area (Å²) >= 11 is 0. The summed E-state index contributed by atoms with van der Waals surface area (Å²) in [6, 6.07) is 59.4. The van der Waals surface area contributed by atoms with Gasteiger partial charge in [-0.25, -0.2) is 0 Å². The molecule has 0 saturated carbocycles. The van der Waals surface area contributed by atoms with Gasteiger partial charge in [-0.15, -0.1) is 0 Å². The second-order valence-electron chi connectivity index (χ2n) is 13.1. The van der Waals surface area contributed by atoms with Crippen LogP contribution in [-0.4, -0.2) is 4.57 Å². The molecule has 0 unspecified atom stereocenters. The topological polar surface area (TPSA) is 17.0 Å². The van der Waals surface area contributed by atoms with E-state index in [1.807, 2.05) is 0 Å². The molecule has 0 saturated heterocycles. The quantitative estimate of drug-likeness (QED) is 0.207. The smallest absolute Gasteiger partial charge is 0.0549 e. The Labute approximate surface area is 275 Å². The summed E-state index contributed by atoms with van der Waals surface area (Å²) in [7, 11) is 0. The molecule has 1 aliphatic carbocycles. The molecule has 1 aliphatic rings. The maximum Gasteiger partial charge on any atom is 0.0549 e. The molecular weight excluding hydrogens is 569 g/mol. The first-order valence-electron chi connectivity index (χ1n) is 16.4. The number of nitrogens with zero attached hydrogens (tertiary/aromatic N) is 1. The van der Waals surface area contributed by atoms with E-state index in [9.17, 15) is 0 Å². The molecule has 9 rings (SSSR count). The van der Waals surface area contributed by atoms with Gasteiger partial charge in [-0.1, -0.05) is 129 Å². The van der Waals surface area contributed by atoms with E-state index in [0.29, 0.717) is 0 Å². The van der Waals surface area contributed by atoms with E-state index in [1.165, 1.54) is 72.0 Å². The lowest BCUT2D eigenvalue weighted by atomic mass is 9.81. The highest BCUT2D eigenvalue weighted by molar-refractivity contribution is 6.10. The van der Waals surface area contributed by atoms with Gasteiger partial charge in [0.15, 0.2) is 0 Å². The third kappa shape index (κ3) is 4.40. The molecule has 2 heteroatoms. The Hall–Kier alpha value is -5.86. The maximum atomic E-state index is 3.66. The third-order valence-electron chi connectivity index (χ3n) is 9.96. The van der Waals surface area contributed by atoms with Crippen LogP contribution >= 0.6 is 0 Å². The first kappa shape index (κ1) is 27.5. The van der Waals surface area contributed by atoms with Crippen molar-refractivity contribution in [1.82, 2.24) is 4.57 Å². The molecule has 47 heavy (non-hydrogen) atoms. The Morgan fingerprint density at radius 2 is 1.06 bits per heavy atom. The molecule has 0 amide bonds. The van der Waals surface area contributed by atoms with Crippen molar-refractivity contribution >= 4 is 33.2 Å². The number of hydrogen-bond donors (Lipinski definition) is 1. The number of nitrogens with one attached hydrogen (secondary N) is 1. The highest BCUT2D eigenvalue weighted by Gasteiger charge is 2.38. The van der Waals surface area contributed by atoms with Gasteiger partial charge in [0, 0.05) is 33.1 Å². The van der Waals surface area contributed by atoms with Crippen LogP contribution < -0.4 is 5.32 Å². The van der Waals surface area contributed by atoms with Gasteiger partial charge in [-0.3, -0.25) is 0 Å². The molecule has 0 aliphatic heterocycles. The SMILES string of the molecule is CC1(C)c2ccccc2-c2c(-n3c4ccccc4c4ccccc43)cc(-c3cccc(Nc4ccc(-c5ccccc5)cc4)c3)cc21. The zero-order chi connectivity index (χ0) is 31.5. The minimum absolute atomic E-state index is 0.133. The Balaban J connectivity index is 1.20. The van der Waals surface area contributed by atoms with Crippen molar-refractivity contribution in [2.45, 2.75) is 19.3 Å². The van der Waals surface area contributed by atoms with E-state index in [4.69, 9.17) is 0 Å². The van der Waals surface area contributed by atoms with Gasteiger partial charge in [0.25, 0.3) is 0 Å². The van der Waals surface area contributed by atoms with Gasteiger partial charge in [0.05, 0.1) is 16.7 Å². The predicted molar refractivity (Wildman–Crippen MR) is 199 cm³/mol. The van der Waals surface area contributed by atoms with Crippen LogP contribution in [0.4, 0.5) is 11.4 Å². The van der Waals surface area contributed by atoms with Crippen molar-refractivity contribution in [2.75, 3.05) is 5.32 Å². The van der Waals surface area contributed by atoms with E-state index in [2.05, 4.69) is 188 Å². The molecule has 8 aromatic rings. The van der Waals surface area contributed by atoms with Crippen molar-refractivity contribution in [2.24, 2.45) is 0 Å². The summed E-state index contributed by atoms with van der Waals surface area (Å²) in [6.45, 7) is 4.74. The monoisotopic (exact) mass is 602 g/mol. The molecule has 1 N–H and O–H groups in total. The summed E-state index contributed by atoms with van der Waals surface area (Å²) in [6.07, 6.45) is 0. The van der Waals surface area contributed by atoms with Crippen LogP contribution in [0, 0.1) is 0 Å². The minimum Gasteiger partial charge on any atom is -0.356 e. The van der Waals surface area contributed by atoms with Gasteiger partial charge >= 0.3 is 0 Å². The molecule has 0 fully saturated rings. The number of benzene rings is 7. The molecule has 2 nitrogen and oxygen atoms in total. The van der Waals surface area contributed by atoms with Gasteiger partial charge in [0.2, 0.25) is 0 Å². The molecule has 0 spiro atoms. The summed E-state index contributed by atoms with van der Waals surface area (Å²) in [5.41, 5.74) is 15.9. The van der Waals surface area contributed by atoms with Crippen molar-refractivity contribution < 1.29 is 0 Å². The van der Waals surface area contributed by atoms with Gasteiger partial charge in [0.1, 0.15) is 0 Å². The van der Waals surface area contributed by atoms with E-state index in [-0.39, 0.29) is 5.41 Å². The number of aromatic nitrogens is 1. The second-order valence-corrected chi connectivity index (χ2v) is 13.1.